The van der Waals surface area contributed by atoms with Crippen LogP contribution in [0.2, 0.25) is 5.02 Å². The fraction of sp³-hybridized carbons (Fsp3) is 0.273. The molecule has 0 bridgehead atoms. The lowest BCUT2D eigenvalue weighted by Crippen LogP contribution is -2.22. The van der Waals surface area contributed by atoms with Crippen LogP contribution in [0, 0.1) is 0 Å². The van der Waals surface area contributed by atoms with Gasteiger partial charge in [0, 0.05) is 23.8 Å². The summed E-state index contributed by atoms with van der Waals surface area (Å²) in [4.78, 5) is 17.6. The average Bonchev–Trinajstić information content (AvgIpc) is 2.69. The highest BCUT2D eigenvalue weighted by Gasteiger charge is 2.04. The third-order valence-electron chi connectivity index (χ3n) is 2.43. The lowest BCUT2D eigenvalue weighted by atomic mass is 10.2. The Morgan fingerprint density at radius 1 is 1.59 bits per heavy atom. The molecule has 0 aliphatic rings. The number of amides is 1. The van der Waals surface area contributed by atoms with Gasteiger partial charge in [0.2, 0.25) is 0 Å². The Morgan fingerprint density at radius 2 is 2.41 bits per heavy atom. The minimum atomic E-state index is -0.994. The number of nitrogens with one attached hydrogen (secondary N) is 2. The summed E-state index contributed by atoms with van der Waals surface area (Å²) < 4.78 is 0. The van der Waals surface area contributed by atoms with E-state index in [0.717, 1.165) is 29.6 Å². The van der Waals surface area contributed by atoms with Crippen molar-refractivity contribution in [1.82, 2.24) is 15.3 Å². The predicted octanol–water partition coefficient (Wildman–Crippen LogP) is 2.42. The predicted molar refractivity (Wildman–Crippen MR) is 65.5 cm³/mol. The summed E-state index contributed by atoms with van der Waals surface area (Å²) in [5, 5.41) is 12.3. The van der Waals surface area contributed by atoms with E-state index in [0.29, 0.717) is 11.6 Å². The van der Waals surface area contributed by atoms with Crippen LogP contribution in [0.25, 0.3) is 11.0 Å². The molecule has 2 aromatic heterocycles. The SMILES string of the molecule is O=C(O)NCCCc1cc2c(Cl)ccnc2[nH]1. The van der Waals surface area contributed by atoms with Crippen LogP contribution in [0.3, 0.4) is 0 Å². The number of aromatic amines is 1. The number of nitrogens with zero attached hydrogens (tertiary/aromatic N) is 1. The summed E-state index contributed by atoms with van der Waals surface area (Å²) in [5.74, 6) is 0. The highest BCUT2D eigenvalue weighted by Crippen LogP contribution is 2.22. The second-order valence-electron chi connectivity index (χ2n) is 3.69. The van der Waals surface area contributed by atoms with Crippen LogP contribution in [-0.2, 0) is 6.42 Å². The molecule has 0 aliphatic heterocycles. The van der Waals surface area contributed by atoms with Gasteiger partial charge in [0.15, 0.2) is 0 Å². The Kier molecular flexibility index (Phi) is 3.49. The first-order chi connectivity index (χ1) is 8.16. The van der Waals surface area contributed by atoms with Gasteiger partial charge in [0.1, 0.15) is 5.65 Å². The van der Waals surface area contributed by atoms with E-state index in [1.165, 1.54) is 0 Å². The highest BCUT2D eigenvalue weighted by atomic mass is 35.5. The molecule has 0 saturated heterocycles. The molecule has 0 aliphatic carbocycles. The van der Waals surface area contributed by atoms with Crippen molar-refractivity contribution in [2.24, 2.45) is 0 Å². The summed E-state index contributed by atoms with van der Waals surface area (Å²) in [5.41, 5.74) is 1.77. The van der Waals surface area contributed by atoms with E-state index in [9.17, 15) is 4.79 Å². The van der Waals surface area contributed by atoms with Crippen molar-refractivity contribution in [2.75, 3.05) is 6.54 Å². The standard InChI is InChI=1S/C11H12ClN3O2/c12-9-3-5-13-10-8(9)6-7(15-10)2-1-4-14-11(16)17/h3,5-6,14H,1-2,4H2,(H,13,15)(H,16,17). The first-order valence-corrected chi connectivity index (χ1v) is 5.63. The van der Waals surface area contributed by atoms with Crippen LogP contribution in [0.4, 0.5) is 4.79 Å². The molecule has 3 N–H and O–H groups in total. The molecule has 0 radical (unpaired) electrons. The number of rotatable bonds is 4. The van der Waals surface area contributed by atoms with Gasteiger partial charge in [-0.1, -0.05) is 11.6 Å². The van der Waals surface area contributed by atoms with Gasteiger partial charge in [-0.25, -0.2) is 9.78 Å². The molecule has 17 heavy (non-hydrogen) atoms. The number of H-pyrrole nitrogens is 1. The van der Waals surface area contributed by atoms with E-state index in [-0.39, 0.29) is 0 Å². The van der Waals surface area contributed by atoms with Gasteiger partial charge in [-0.15, -0.1) is 0 Å². The molecule has 5 nitrogen and oxygen atoms in total. The number of hydrogen-bond acceptors (Lipinski definition) is 2. The van der Waals surface area contributed by atoms with Crippen LogP contribution >= 0.6 is 11.6 Å². The van der Waals surface area contributed by atoms with Gasteiger partial charge in [-0.05, 0) is 25.0 Å². The Bertz CT molecular complexity index is 538. The number of aromatic nitrogens is 2. The zero-order valence-corrected chi connectivity index (χ0v) is 9.79. The molecule has 0 saturated carbocycles. The Balaban J connectivity index is 2.00. The largest absolute Gasteiger partial charge is 0.465 e. The third-order valence-corrected chi connectivity index (χ3v) is 2.76. The van der Waals surface area contributed by atoms with Crippen molar-refractivity contribution < 1.29 is 9.90 Å². The Morgan fingerprint density at radius 3 is 3.12 bits per heavy atom. The van der Waals surface area contributed by atoms with E-state index in [1.54, 1.807) is 12.3 Å². The number of carbonyl (C=O) groups is 1. The topological polar surface area (TPSA) is 78.0 Å². The lowest BCUT2D eigenvalue weighted by molar-refractivity contribution is 0.194. The quantitative estimate of drug-likeness (QED) is 0.732. The van der Waals surface area contributed by atoms with E-state index < -0.39 is 6.09 Å². The summed E-state index contributed by atoms with van der Waals surface area (Å²) >= 11 is 6.02. The molecular weight excluding hydrogens is 242 g/mol. The van der Waals surface area contributed by atoms with Crippen molar-refractivity contribution in [3.05, 3.63) is 29.0 Å². The van der Waals surface area contributed by atoms with E-state index in [2.05, 4.69) is 15.3 Å². The molecule has 0 fully saturated rings. The molecule has 2 aromatic rings. The van der Waals surface area contributed by atoms with Crippen LogP contribution in [0.5, 0.6) is 0 Å². The van der Waals surface area contributed by atoms with Crippen LogP contribution in [0.1, 0.15) is 12.1 Å². The zero-order chi connectivity index (χ0) is 12.3. The van der Waals surface area contributed by atoms with Crippen molar-refractivity contribution >= 4 is 28.7 Å². The second-order valence-corrected chi connectivity index (χ2v) is 4.09. The molecule has 0 aromatic carbocycles. The van der Waals surface area contributed by atoms with Crippen molar-refractivity contribution in [3.63, 3.8) is 0 Å². The van der Waals surface area contributed by atoms with Gasteiger partial charge in [0.05, 0.1) is 5.02 Å². The van der Waals surface area contributed by atoms with Crippen molar-refractivity contribution in [3.8, 4) is 0 Å². The van der Waals surface area contributed by atoms with Crippen molar-refractivity contribution in [2.45, 2.75) is 12.8 Å². The summed E-state index contributed by atoms with van der Waals surface area (Å²) in [6, 6.07) is 3.69. The number of carboxylic acid groups (broad SMARTS) is 1. The first-order valence-electron chi connectivity index (χ1n) is 5.25. The fourth-order valence-corrected chi connectivity index (χ4v) is 1.86. The maximum absolute atomic E-state index is 10.2. The van der Waals surface area contributed by atoms with E-state index in [1.807, 2.05) is 6.07 Å². The minimum Gasteiger partial charge on any atom is -0.465 e. The van der Waals surface area contributed by atoms with E-state index >= 15 is 0 Å². The first kappa shape index (κ1) is 11.7. The molecule has 2 rings (SSSR count). The Hall–Kier alpha value is -1.75. The van der Waals surface area contributed by atoms with Crippen molar-refractivity contribution in [1.29, 1.82) is 0 Å². The maximum Gasteiger partial charge on any atom is 0.404 e. The number of fused-ring (bicyclic) bond motifs is 1. The van der Waals surface area contributed by atoms with Crippen LogP contribution < -0.4 is 5.32 Å². The molecule has 2 heterocycles. The smallest absolute Gasteiger partial charge is 0.404 e. The molecule has 1 amide bonds. The van der Waals surface area contributed by atoms with Gasteiger partial charge in [0.25, 0.3) is 0 Å². The van der Waals surface area contributed by atoms with Crippen LogP contribution in [0.15, 0.2) is 18.3 Å². The van der Waals surface area contributed by atoms with Gasteiger partial charge in [-0.2, -0.15) is 0 Å². The molecular formula is C11H12ClN3O2. The normalized spacial score (nSPS) is 10.6. The summed E-state index contributed by atoms with van der Waals surface area (Å²) in [6.07, 6.45) is 2.15. The minimum absolute atomic E-state index is 0.436. The molecule has 90 valence electrons. The molecule has 6 heteroatoms. The second kappa shape index (κ2) is 5.05. The number of halogens is 1. The molecule has 0 unspecified atom stereocenters. The summed E-state index contributed by atoms with van der Waals surface area (Å²) in [6.45, 7) is 0.436. The number of hydrogen-bond donors (Lipinski definition) is 3. The lowest BCUT2D eigenvalue weighted by Gasteiger charge is -1.98. The van der Waals surface area contributed by atoms with E-state index in [4.69, 9.17) is 16.7 Å². The Labute approximate surface area is 103 Å². The summed E-state index contributed by atoms with van der Waals surface area (Å²) in [7, 11) is 0. The average molecular weight is 254 g/mol. The highest BCUT2D eigenvalue weighted by molar-refractivity contribution is 6.35. The fourth-order valence-electron chi connectivity index (χ4n) is 1.66. The molecule has 0 atom stereocenters. The number of aryl methyl sites for hydroxylation is 1. The zero-order valence-electron chi connectivity index (χ0n) is 9.03. The molecule has 0 spiro atoms. The van der Waals surface area contributed by atoms with Crippen LogP contribution in [-0.4, -0.2) is 27.7 Å². The van der Waals surface area contributed by atoms with Gasteiger partial charge >= 0.3 is 6.09 Å². The maximum atomic E-state index is 10.2. The third kappa shape index (κ3) is 2.88. The monoisotopic (exact) mass is 253 g/mol. The van der Waals surface area contributed by atoms with Gasteiger partial charge in [-0.3, -0.25) is 0 Å². The number of pyridine rings is 1. The van der Waals surface area contributed by atoms with Gasteiger partial charge < -0.3 is 15.4 Å².